The molecule has 0 fully saturated rings. The predicted octanol–water partition coefficient (Wildman–Crippen LogP) is 4.94. The van der Waals surface area contributed by atoms with Crippen molar-refractivity contribution in [2.45, 2.75) is 32.6 Å². The second-order valence-corrected chi connectivity index (χ2v) is 7.57. The highest BCUT2D eigenvalue weighted by atomic mass is 79.9. The topological polar surface area (TPSA) is 53.3 Å². The van der Waals surface area contributed by atoms with Crippen molar-refractivity contribution in [3.05, 3.63) is 64.1 Å². The highest BCUT2D eigenvalue weighted by Gasteiger charge is 2.16. The zero-order valence-electron chi connectivity index (χ0n) is 15.8. The lowest BCUT2D eigenvalue weighted by molar-refractivity contribution is -0.133. The van der Waals surface area contributed by atoms with Crippen LogP contribution in [0.2, 0.25) is 0 Å². The molecule has 0 radical (unpaired) electrons. The predicted molar refractivity (Wildman–Crippen MR) is 111 cm³/mol. The Labute approximate surface area is 169 Å². The number of halogens is 1. The summed E-state index contributed by atoms with van der Waals surface area (Å²) in [5.41, 5.74) is 2.23. The number of carbonyl (C=O) groups excluding carboxylic acids is 1. The first kappa shape index (κ1) is 21.0. The molecule has 1 amide bonds. The third kappa shape index (κ3) is 6.73. The number of hydrogen-bond donors (Lipinski definition) is 0. The van der Waals surface area contributed by atoms with E-state index in [0.717, 1.165) is 22.2 Å². The molecule has 0 unspecified atom stereocenters. The van der Waals surface area contributed by atoms with Gasteiger partial charge in [0, 0.05) is 17.6 Å². The van der Waals surface area contributed by atoms with Gasteiger partial charge in [-0.05, 0) is 41.7 Å². The van der Waals surface area contributed by atoms with Crippen molar-refractivity contribution in [3.8, 4) is 11.8 Å². The molecule has 0 aliphatic carbocycles. The van der Waals surface area contributed by atoms with E-state index in [1.54, 1.807) is 4.90 Å². The van der Waals surface area contributed by atoms with Gasteiger partial charge < -0.3 is 9.64 Å². The Bertz CT molecular complexity index is 785. The zero-order chi connectivity index (χ0) is 19.6. The monoisotopic (exact) mass is 428 g/mol. The van der Waals surface area contributed by atoms with E-state index in [4.69, 9.17) is 10.00 Å². The minimum absolute atomic E-state index is 0.0262. The molecule has 142 valence electrons. The molecule has 0 saturated carbocycles. The van der Waals surface area contributed by atoms with Crippen LogP contribution in [-0.2, 0) is 11.2 Å². The van der Waals surface area contributed by atoms with Gasteiger partial charge in [-0.1, -0.05) is 60.1 Å². The Balaban J connectivity index is 2.00. The van der Waals surface area contributed by atoms with E-state index >= 15 is 0 Å². The molecule has 0 aromatic heterocycles. The lowest BCUT2D eigenvalue weighted by Crippen LogP contribution is -2.37. The Kier molecular flexibility index (Phi) is 8.35. The largest absolute Gasteiger partial charge is 0.483 e. The Morgan fingerprint density at radius 1 is 1.19 bits per heavy atom. The van der Waals surface area contributed by atoms with Crippen LogP contribution in [-0.4, -0.2) is 30.5 Å². The molecule has 0 aliphatic heterocycles. The van der Waals surface area contributed by atoms with E-state index in [2.05, 4.69) is 35.8 Å². The van der Waals surface area contributed by atoms with Crippen molar-refractivity contribution in [3.63, 3.8) is 0 Å². The van der Waals surface area contributed by atoms with Crippen LogP contribution in [0.15, 0.2) is 53.0 Å². The van der Waals surface area contributed by atoms with E-state index in [1.165, 1.54) is 5.56 Å². The van der Waals surface area contributed by atoms with E-state index in [1.807, 2.05) is 48.5 Å². The summed E-state index contributed by atoms with van der Waals surface area (Å²) in [6.45, 7) is 5.15. The number of amides is 1. The van der Waals surface area contributed by atoms with Gasteiger partial charge in [0.2, 0.25) is 0 Å². The molecular formula is C22H25BrN2O2. The number of nitriles is 1. The molecule has 2 rings (SSSR count). The van der Waals surface area contributed by atoms with E-state index < -0.39 is 0 Å². The molecule has 5 heteroatoms. The fourth-order valence-corrected chi connectivity index (χ4v) is 3.17. The molecule has 2 aromatic rings. The maximum atomic E-state index is 12.7. The molecule has 0 saturated heterocycles. The number of rotatable bonds is 9. The lowest BCUT2D eigenvalue weighted by Gasteiger charge is -2.22. The lowest BCUT2D eigenvalue weighted by atomic mass is 10.0. The van der Waals surface area contributed by atoms with Gasteiger partial charge in [-0.2, -0.15) is 5.26 Å². The van der Waals surface area contributed by atoms with Crippen molar-refractivity contribution in [1.82, 2.24) is 4.90 Å². The summed E-state index contributed by atoms with van der Waals surface area (Å²) in [7, 11) is 0. The average molecular weight is 429 g/mol. The van der Waals surface area contributed by atoms with E-state index in [9.17, 15) is 4.79 Å². The van der Waals surface area contributed by atoms with E-state index in [-0.39, 0.29) is 12.5 Å². The summed E-state index contributed by atoms with van der Waals surface area (Å²) < 4.78 is 6.82. The van der Waals surface area contributed by atoms with Crippen LogP contribution in [0.25, 0.3) is 0 Å². The second kappa shape index (κ2) is 10.7. The van der Waals surface area contributed by atoms with Gasteiger partial charge in [-0.25, -0.2) is 0 Å². The Hall–Kier alpha value is -2.32. The van der Waals surface area contributed by atoms with Crippen LogP contribution in [0.1, 0.15) is 37.3 Å². The summed E-state index contributed by atoms with van der Waals surface area (Å²) in [5, 5.41) is 8.89. The first-order valence-electron chi connectivity index (χ1n) is 9.12. The van der Waals surface area contributed by atoms with E-state index in [0.29, 0.717) is 25.4 Å². The zero-order valence-corrected chi connectivity index (χ0v) is 17.4. The molecule has 0 aliphatic rings. The average Bonchev–Trinajstić information content (AvgIpc) is 2.67. The van der Waals surface area contributed by atoms with Gasteiger partial charge in [0.25, 0.3) is 5.91 Å². The molecule has 0 bridgehead atoms. The van der Waals surface area contributed by atoms with Gasteiger partial charge in [-0.15, -0.1) is 0 Å². The number of benzene rings is 2. The quantitative estimate of drug-likeness (QED) is 0.568. The van der Waals surface area contributed by atoms with Crippen molar-refractivity contribution < 1.29 is 9.53 Å². The SMILES string of the molecule is CC(C)c1cc(Br)ccc1OCC(=O)N(CCC#N)CCc1ccccc1. The highest BCUT2D eigenvalue weighted by molar-refractivity contribution is 9.10. The molecule has 0 heterocycles. The normalized spacial score (nSPS) is 10.5. The van der Waals surface area contributed by atoms with Crippen molar-refractivity contribution in [2.75, 3.05) is 19.7 Å². The van der Waals surface area contributed by atoms with Crippen LogP contribution in [0.3, 0.4) is 0 Å². The van der Waals surface area contributed by atoms with Crippen LogP contribution in [0.4, 0.5) is 0 Å². The van der Waals surface area contributed by atoms with Gasteiger partial charge >= 0.3 is 0 Å². The van der Waals surface area contributed by atoms with Crippen LogP contribution >= 0.6 is 15.9 Å². The maximum Gasteiger partial charge on any atom is 0.260 e. The smallest absolute Gasteiger partial charge is 0.260 e. The third-order valence-corrected chi connectivity index (χ3v) is 4.80. The first-order valence-corrected chi connectivity index (χ1v) is 9.91. The molecule has 2 aromatic carbocycles. The fraction of sp³-hybridized carbons (Fsp3) is 0.364. The molecule has 27 heavy (non-hydrogen) atoms. The minimum Gasteiger partial charge on any atom is -0.483 e. The summed E-state index contributed by atoms with van der Waals surface area (Å²) in [4.78, 5) is 14.4. The Morgan fingerprint density at radius 2 is 1.93 bits per heavy atom. The van der Waals surface area contributed by atoms with Gasteiger partial charge in [0.05, 0.1) is 12.5 Å². The van der Waals surface area contributed by atoms with Gasteiger partial charge in [-0.3, -0.25) is 4.79 Å². The Morgan fingerprint density at radius 3 is 2.59 bits per heavy atom. The summed E-state index contributed by atoms with van der Waals surface area (Å²) in [5.74, 6) is 0.920. The minimum atomic E-state index is -0.0983. The molecule has 4 nitrogen and oxygen atoms in total. The van der Waals surface area contributed by atoms with Crippen molar-refractivity contribution >= 4 is 21.8 Å². The highest BCUT2D eigenvalue weighted by Crippen LogP contribution is 2.29. The van der Waals surface area contributed by atoms with Gasteiger partial charge in [0.15, 0.2) is 6.61 Å². The third-order valence-electron chi connectivity index (χ3n) is 4.30. The number of hydrogen-bond acceptors (Lipinski definition) is 3. The maximum absolute atomic E-state index is 12.7. The molecule has 0 atom stereocenters. The molecule has 0 spiro atoms. The van der Waals surface area contributed by atoms with Crippen LogP contribution in [0, 0.1) is 11.3 Å². The molecule has 0 N–H and O–H groups in total. The van der Waals surface area contributed by atoms with Crippen LogP contribution in [0.5, 0.6) is 5.75 Å². The standard InChI is InChI=1S/C22H25BrN2O2/c1-17(2)20-15-19(23)9-10-21(20)27-16-22(26)25(13-6-12-24)14-11-18-7-4-3-5-8-18/h3-5,7-10,15,17H,6,11,13-14,16H2,1-2H3. The van der Waals surface area contributed by atoms with Crippen LogP contribution < -0.4 is 4.74 Å². The summed E-state index contributed by atoms with van der Waals surface area (Å²) in [6.07, 6.45) is 1.07. The fourth-order valence-electron chi connectivity index (χ4n) is 2.79. The number of ether oxygens (including phenoxy) is 1. The number of carbonyl (C=O) groups is 1. The second-order valence-electron chi connectivity index (χ2n) is 6.65. The first-order chi connectivity index (χ1) is 13.0. The van der Waals surface area contributed by atoms with Gasteiger partial charge in [0.1, 0.15) is 5.75 Å². The summed E-state index contributed by atoms with van der Waals surface area (Å²) >= 11 is 3.48. The molecular weight excluding hydrogens is 404 g/mol. The van der Waals surface area contributed by atoms with Crippen molar-refractivity contribution in [1.29, 1.82) is 5.26 Å². The van der Waals surface area contributed by atoms with Crippen molar-refractivity contribution in [2.24, 2.45) is 0 Å². The number of nitrogens with zero attached hydrogens (tertiary/aromatic N) is 2. The summed E-state index contributed by atoms with van der Waals surface area (Å²) in [6, 6.07) is 18.0.